The Morgan fingerprint density at radius 1 is 1.29 bits per heavy atom. The van der Waals surface area contributed by atoms with Crippen LogP contribution in [0.25, 0.3) is 5.82 Å². The number of aryl methyl sites for hydroxylation is 1. The third-order valence-corrected chi connectivity index (χ3v) is 6.67. The van der Waals surface area contributed by atoms with Gasteiger partial charge in [-0.25, -0.2) is 0 Å². The molecule has 5 rings (SSSR count). The molecule has 1 N–H and O–H groups in total. The van der Waals surface area contributed by atoms with Gasteiger partial charge in [-0.3, -0.25) is 9.48 Å². The van der Waals surface area contributed by atoms with Crippen LogP contribution >= 0.6 is 0 Å². The Morgan fingerprint density at radius 2 is 2.00 bits per heavy atom. The van der Waals surface area contributed by atoms with E-state index in [2.05, 4.69) is 31.2 Å². The molecule has 3 fully saturated rings. The summed E-state index contributed by atoms with van der Waals surface area (Å²) in [6.45, 7) is 7.06. The second-order valence-electron chi connectivity index (χ2n) is 8.13. The standard InChI is InChI=1S/C19H26N4O/c1-12-15-9-13(19(15,2)3)10-16(12)21-17(24)14-11-20-22(4)18(14)23-7-5-6-8-23/h5-8,11-13,15-16H,9-10H2,1-4H3,(H,21,24)/t12-,13+,15-,16-/m1/s1. The Labute approximate surface area is 143 Å². The number of amides is 1. The second kappa shape index (κ2) is 5.23. The van der Waals surface area contributed by atoms with Crippen LogP contribution in [-0.4, -0.2) is 26.3 Å². The molecular weight excluding hydrogens is 300 g/mol. The van der Waals surface area contributed by atoms with Crippen molar-refractivity contribution in [1.82, 2.24) is 19.7 Å². The van der Waals surface area contributed by atoms with Gasteiger partial charge in [0.2, 0.25) is 0 Å². The van der Waals surface area contributed by atoms with Crippen molar-refractivity contribution in [2.45, 2.75) is 39.7 Å². The van der Waals surface area contributed by atoms with Gasteiger partial charge in [0.15, 0.2) is 0 Å². The van der Waals surface area contributed by atoms with Gasteiger partial charge in [0.05, 0.1) is 6.20 Å². The van der Waals surface area contributed by atoms with Gasteiger partial charge in [-0.1, -0.05) is 20.8 Å². The molecular formula is C19H26N4O. The first-order valence-corrected chi connectivity index (χ1v) is 8.85. The van der Waals surface area contributed by atoms with Crippen LogP contribution in [0.15, 0.2) is 30.7 Å². The second-order valence-corrected chi connectivity index (χ2v) is 8.13. The van der Waals surface area contributed by atoms with E-state index in [9.17, 15) is 4.79 Å². The van der Waals surface area contributed by atoms with Crippen molar-refractivity contribution in [1.29, 1.82) is 0 Å². The van der Waals surface area contributed by atoms with E-state index in [1.165, 1.54) is 6.42 Å². The van der Waals surface area contributed by atoms with Crippen LogP contribution in [0.4, 0.5) is 0 Å². The summed E-state index contributed by atoms with van der Waals surface area (Å²) < 4.78 is 3.69. The molecule has 5 nitrogen and oxygen atoms in total. The fourth-order valence-electron chi connectivity index (χ4n) is 4.96. The molecule has 0 unspecified atom stereocenters. The topological polar surface area (TPSA) is 51.9 Å². The molecule has 0 spiro atoms. The number of nitrogens with zero attached hydrogens (tertiary/aromatic N) is 3. The number of aromatic nitrogens is 3. The van der Waals surface area contributed by atoms with Crippen LogP contribution in [0.1, 0.15) is 44.0 Å². The van der Waals surface area contributed by atoms with E-state index < -0.39 is 0 Å². The van der Waals surface area contributed by atoms with Crippen molar-refractivity contribution in [3.8, 4) is 5.82 Å². The molecule has 0 aliphatic heterocycles. The predicted octanol–water partition coefficient (Wildman–Crippen LogP) is 3.01. The first-order chi connectivity index (χ1) is 11.4. The summed E-state index contributed by atoms with van der Waals surface area (Å²) in [6.07, 6.45) is 7.96. The van der Waals surface area contributed by atoms with Crippen LogP contribution in [0, 0.1) is 23.2 Å². The maximum absolute atomic E-state index is 12.9. The first kappa shape index (κ1) is 15.5. The Morgan fingerprint density at radius 3 is 2.62 bits per heavy atom. The summed E-state index contributed by atoms with van der Waals surface area (Å²) in [5, 5.41) is 7.58. The molecule has 5 heteroatoms. The molecule has 24 heavy (non-hydrogen) atoms. The van der Waals surface area contributed by atoms with Crippen LogP contribution in [0.2, 0.25) is 0 Å². The molecule has 0 saturated heterocycles. The lowest BCUT2D eigenvalue weighted by atomic mass is 9.45. The van der Waals surface area contributed by atoms with Crippen molar-refractivity contribution in [2.75, 3.05) is 0 Å². The lowest BCUT2D eigenvalue weighted by Crippen LogP contribution is -2.60. The number of hydrogen-bond acceptors (Lipinski definition) is 2. The number of carbonyl (C=O) groups is 1. The smallest absolute Gasteiger partial charge is 0.256 e. The predicted molar refractivity (Wildman–Crippen MR) is 92.9 cm³/mol. The maximum Gasteiger partial charge on any atom is 0.256 e. The molecule has 2 bridgehead atoms. The van der Waals surface area contributed by atoms with Crippen molar-refractivity contribution >= 4 is 5.91 Å². The van der Waals surface area contributed by atoms with E-state index in [1.54, 1.807) is 10.9 Å². The van der Waals surface area contributed by atoms with E-state index in [1.807, 2.05) is 36.1 Å². The van der Waals surface area contributed by atoms with Crippen molar-refractivity contribution in [2.24, 2.45) is 30.2 Å². The number of fused-ring (bicyclic) bond motifs is 2. The molecule has 3 aliphatic carbocycles. The van der Waals surface area contributed by atoms with Crippen molar-refractivity contribution < 1.29 is 4.79 Å². The van der Waals surface area contributed by atoms with E-state index in [0.29, 0.717) is 16.9 Å². The van der Waals surface area contributed by atoms with Gasteiger partial charge in [-0.15, -0.1) is 0 Å². The minimum absolute atomic E-state index is 0.0113. The normalized spacial score (nSPS) is 30.7. The third-order valence-electron chi connectivity index (χ3n) is 6.67. The number of rotatable bonds is 3. The Hall–Kier alpha value is -2.04. The Balaban J connectivity index is 1.54. The summed E-state index contributed by atoms with van der Waals surface area (Å²) in [4.78, 5) is 12.9. The molecule has 1 amide bonds. The minimum Gasteiger partial charge on any atom is -0.349 e. The lowest BCUT2D eigenvalue weighted by Gasteiger charge is -2.62. The molecule has 128 valence electrons. The van der Waals surface area contributed by atoms with E-state index in [4.69, 9.17) is 0 Å². The van der Waals surface area contributed by atoms with Gasteiger partial charge in [0.1, 0.15) is 11.4 Å². The zero-order chi connectivity index (χ0) is 17.1. The summed E-state index contributed by atoms with van der Waals surface area (Å²) in [7, 11) is 1.87. The van der Waals surface area contributed by atoms with Gasteiger partial charge in [-0.2, -0.15) is 5.10 Å². The SMILES string of the molecule is C[C@@H]1[C@H]2C[C@@H](C[C@H]1NC(=O)c1cnn(C)c1-n1cccc1)C2(C)C. The molecule has 3 saturated carbocycles. The average molecular weight is 326 g/mol. The van der Waals surface area contributed by atoms with Crippen LogP contribution < -0.4 is 5.32 Å². The van der Waals surface area contributed by atoms with Crippen LogP contribution in [0.3, 0.4) is 0 Å². The fourth-order valence-corrected chi connectivity index (χ4v) is 4.96. The fraction of sp³-hybridized carbons (Fsp3) is 0.579. The largest absolute Gasteiger partial charge is 0.349 e. The molecule has 2 aromatic heterocycles. The molecule has 0 aromatic carbocycles. The minimum atomic E-state index is -0.0113. The van der Waals surface area contributed by atoms with E-state index in [-0.39, 0.29) is 11.9 Å². The van der Waals surface area contributed by atoms with Gasteiger partial charge < -0.3 is 9.88 Å². The quantitative estimate of drug-likeness (QED) is 0.942. The van der Waals surface area contributed by atoms with Crippen molar-refractivity contribution in [3.05, 3.63) is 36.3 Å². The van der Waals surface area contributed by atoms with E-state index >= 15 is 0 Å². The molecule has 2 aromatic rings. The van der Waals surface area contributed by atoms with Gasteiger partial charge >= 0.3 is 0 Å². The van der Waals surface area contributed by atoms with Gasteiger partial charge in [-0.05, 0) is 48.1 Å². The van der Waals surface area contributed by atoms with E-state index in [0.717, 1.165) is 24.1 Å². The first-order valence-electron chi connectivity index (χ1n) is 8.85. The number of carbonyl (C=O) groups excluding carboxylic acids is 1. The van der Waals surface area contributed by atoms with Crippen LogP contribution in [0.5, 0.6) is 0 Å². The number of hydrogen-bond donors (Lipinski definition) is 1. The summed E-state index contributed by atoms with van der Waals surface area (Å²) in [5.41, 5.74) is 1.07. The zero-order valence-electron chi connectivity index (χ0n) is 14.9. The highest BCUT2D eigenvalue weighted by atomic mass is 16.1. The number of nitrogens with one attached hydrogen (secondary N) is 1. The Bertz CT molecular complexity index is 758. The highest BCUT2D eigenvalue weighted by Gasteiger charge is 2.56. The lowest BCUT2D eigenvalue weighted by molar-refractivity contribution is -0.113. The van der Waals surface area contributed by atoms with Gasteiger partial charge in [0, 0.05) is 25.5 Å². The molecule has 2 heterocycles. The Kier molecular flexibility index (Phi) is 3.37. The zero-order valence-corrected chi connectivity index (χ0v) is 14.9. The summed E-state index contributed by atoms with van der Waals surface area (Å²) in [6, 6.07) is 4.17. The average Bonchev–Trinajstić information content (AvgIpc) is 3.17. The highest BCUT2D eigenvalue weighted by Crippen LogP contribution is 2.61. The summed E-state index contributed by atoms with van der Waals surface area (Å²) >= 11 is 0. The third kappa shape index (κ3) is 2.14. The highest BCUT2D eigenvalue weighted by molar-refractivity contribution is 5.97. The molecule has 4 atom stereocenters. The van der Waals surface area contributed by atoms with Crippen LogP contribution in [-0.2, 0) is 7.05 Å². The summed E-state index contributed by atoms with van der Waals surface area (Å²) in [5.74, 6) is 2.79. The van der Waals surface area contributed by atoms with Gasteiger partial charge in [0.25, 0.3) is 5.91 Å². The monoisotopic (exact) mass is 326 g/mol. The van der Waals surface area contributed by atoms with Crippen molar-refractivity contribution in [3.63, 3.8) is 0 Å². The molecule has 0 radical (unpaired) electrons. The molecule has 3 aliphatic rings. The maximum atomic E-state index is 12.9.